The van der Waals surface area contributed by atoms with Gasteiger partial charge < -0.3 is 5.32 Å². The highest BCUT2D eigenvalue weighted by atomic mass is 32.1. The minimum absolute atomic E-state index is 0.0566. The van der Waals surface area contributed by atoms with E-state index in [0.29, 0.717) is 4.96 Å². The lowest BCUT2D eigenvalue weighted by atomic mass is 10.1. The second kappa shape index (κ2) is 8.41. The van der Waals surface area contributed by atoms with E-state index >= 15 is 0 Å². The van der Waals surface area contributed by atoms with Crippen LogP contribution in [-0.2, 0) is 6.42 Å². The molecule has 0 aliphatic heterocycles. The zero-order valence-corrected chi connectivity index (χ0v) is 16.9. The summed E-state index contributed by atoms with van der Waals surface area (Å²) in [6.07, 6.45) is 3.03. The number of hydrogen-bond donors (Lipinski definition) is 1. The van der Waals surface area contributed by atoms with Gasteiger partial charge in [0.05, 0.1) is 5.69 Å². The summed E-state index contributed by atoms with van der Waals surface area (Å²) < 4.78 is 1.52. The Morgan fingerprint density at radius 1 is 1.10 bits per heavy atom. The largest absolute Gasteiger partial charge is 0.349 e. The van der Waals surface area contributed by atoms with Crippen LogP contribution in [0.5, 0.6) is 0 Å². The van der Waals surface area contributed by atoms with Gasteiger partial charge in [-0.2, -0.15) is 0 Å². The van der Waals surface area contributed by atoms with Crippen molar-refractivity contribution in [2.75, 3.05) is 0 Å². The first-order chi connectivity index (χ1) is 14.1. The normalized spacial score (nSPS) is 12.0. The van der Waals surface area contributed by atoms with E-state index < -0.39 is 0 Å². The summed E-state index contributed by atoms with van der Waals surface area (Å²) in [6.45, 7) is 1.95. The summed E-state index contributed by atoms with van der Waals surface area (Å²) in [6, 6.07) is 19.7. The van der Waals surface area contributed by atoms with Crippen LogP contribution in [-0.4, -0.2) is 21.3 Å². The number of aryl methyl sites for hydroxylation is 1. The fourth-order valence-corrected chi connectivity index (χ4v) is 4.12. The van der Waals surface area contributed by atoms with Gasteiger partial charge in [0.25, 0.3) is 11.5 Å². The van der Waals surface area contributed by atoms with Crippen LogP contribution in [0.3, 0.4) is 0 Å². The highest BCUT2D eigenvalue weighted by Gasteiger charge is 2.18. The van der Waals surface area contributed by atoms with Crippen LogP contribution >= 0.6 is 11.3 Å². The molecule has 0 unspecified atom stereocenters. The minimum atomic E-state index is -0.386. The van der Waals surface area contributed by atoms with Crippen molar-refractivity contribution in [1.82, 2.24) is 14.7 Å². The number of nitrogens with one attached hydrogen (secondary N) is 1. The first-order valence-corrected chi connectivity index (χ1v) is 10.4. The average Bonchev–Trinajstić information content (AvgIpc) is 3.19. The van der Waals surface area contributed by atoms with Crippen LogP contribution in [0.25, 0.3) is 16.2 Å². The fourth-order valence-electron chi connectivity index (χ4n) is 3.26. The number of amides is 1. The Labute approximate surface area is 172 Å². The van der Waals surface area contributed by atoms with E-state index in [2.05, 4.69) is 22.4 Å². The van der Waals surface area contributed by atoms with Gasteiger partial charge in [0.2, 0.25) is 0 Å². The molecule has 2 aromatic carbocycles. The molecular weight excluding hydrogens is 382 g/mol. The quantitative estimate of drug-likeness (QED) is 0.525. The Morgan fingerprint density at radius 3 is 2.52 bits per heavy atom. The Bertz CT molecular complexity index is 1180. The topological polar surface area (TPSA) is 63.5 Å². The monoisotopic (exact) mass is 403 g/mol. The van der Waals surface area contributed by atoms with Gasteiger partial charge in [-0.1, -0.05) is 60.7 Å². The molecule has 0 spiro atoms. The zero-order chi connectivity index (χ0) is 20.2. The summed E-state index contributed by atoms with van der Waals surface area (Å²) in [7, 11) is 0. The summed E-state index contributed by atoms with van der Waals surface area (Å²) >= 11 is 1.38. The molecular formula is C23H21N3O2S. The number of carbonyl (C=O) groups is 1. The molecule has 6 heteroatoms. The van der Waals surface area contributed by atoms with E-state index in [-0.39, 0.29) is 23.1 Å². The number of hydrogen-bond acceptors (Lipinski definition) is 4. The molecule has 146 valence electrons. The van der Waals surface area contributed by atoms with Gasteiger partial charge in [-0.05, 0) is 30.9 Å². The lowest BCUT2D eigenvalue weighted by Crippen LogP contribution is -2.37. The van der Waals surface area contributed by atoms with E-state index in [1.54, 1.807) is 0 Å². The molecule has 29 heavy (non-hydrogen) atoms. The Kier molecular flexibility index (Phi) is 5.53. The van der Waals surface area contributed by atoms with Gasteiger partial charge in [-0.3, -0.25) is 14.0 Å². The van der Waals surface area contributed by atoms with Crippen molar-refractivity contribution in [3.8, 4) is 11.3 Å². The van der Waals surface area contributed by atoms with Crippen LogP contribution in [0.4, 0.5) is 0 Å². The highest BCUT2D eigenvalue weighted by Crippen LogP contribution is 2.23. The summed E-state index contributed by atoms with van der Waals surface area (Å²) in [5, 5.41) is 4.83. The molecule has 0 radical (unpaired) electrons. The van der Waals surface area contributed by atoms with Crippen molar-refractivity contribution in [2.24, 2.45) is 0 Å². The number of benzene rings is 2. The lowest BCUT2D eigenvalue weighted by Gasteiger charge is -2.13. The zero-order valence-electron chi connectivity index (χ0n) is 16.0. The number of nitrogens with zero attached hydrogens (tertiary/aromatic N) is 2. The number of thiazole rings is 1. The third-order valence-electron chi connectivity index (χ3n) is 4.85. The maximum absolute atomic E-state index is 13.1. The molecule has 0 saturated heterocycles. The average molecular weight is 404 g/mol. The molecule has 0 fully saturated rings. The first kappa shape index (κ1) is 19.1. The fraction of sp³-hybridized carbons (Fsp3) is 0.174. The SMILES string of the molecule is C[C@H](CCc1ccccc1)NC(=O)c1cnc2scc(-c3ccccc3)n2c1=O. The minimum Gasteiger partial charge on any atom is -0.349 e. The molecule has 1 atom stereocenters. The van der Waals surface area contributed by atoms with E-state index in [1.807, 2.05) is 60.8 Å². The summed E-state index contributed by atoms with van der Waals surface area (Å²) in [5.74, 6) is -0.386. The number of aromatic nitrogens is 2. The van der Waals surface area contributed by atoms with Gasteiger partial charge >= 0.3 is 0 Å². The van der Waals surface area contributed by atoms with Crippen molar-refractivity contribution < 1.29 is 4.79 Å². The van der Waals surface area contributed by atoms with E-state index in [4.69, 9.17) is 0 Å². The highest BCUT2D eigenvalue weighted by molar-refractivity contribution is 7.15. The van der Waals surface area contributed by atoms with Crippen LogP contribution < -0.4 is 10.9 Å². The molecule has 2 aromatic heterocycles. The maximum Gasteiger partial charge on any atom is 0.271 e. The summed E-state index contributed by atoms with van der Waals surface area (Å²) in [5.41, 5.74) is 2.60. The Hall–Kier alpha value is -3.25. The lowest BCUT2D eigenvalue weighted by molar-refractivity contribution is 0.0936. The number of rotatable bonds is 6. The van der Waals surface area contributed by atoms with Crippen molar-refractivity contribution in [3.05, 3.63) is 93.7 Å². The predicted molar refractivity (Wildman–Crippen MR) is 116 cm³/mol. The molecule has 0 aliphatic carbocycles. The molecule has 1 amide bonds. The van der Waals surface area contributed by atoms with Crippen molar-refractivity contribution >= 4 is 22.2 Å². The second-order valence-electron chi connectivity index (χ2n) is 6.98. The summed E-state index contributed by atoms with van der Waals surface area (Å²) in [4.78, 5) is 30.7. The van der Waals surface area contributed by atoms with Gasteiger partial charge in [0.15, 0.2) is 4.96 Å². The van der Waals surface area contributed by atoms with E-state index in [9.17, 15) is 9.59 Å². The smallest absolute Gasteiger partial charge is 0.271 e. The standard InChI is InChI=1S/C23H21N3O2S/c1-16(12-13-17-8-4-2-5-9-17)25-21(27)19-14-24-23-26(22(19)28)20(15-29-23)18-10-6-3-7-11-18/h2-11,14-16H,12-13H2,1H3,(H,25,27)/t16-/m1/s1. The molecule has 2 heterocycles. The van der Waals surface area contributed by atoms with Crippen LogP contribution in [0, 0.1) is 0 Å². The van der Waals surface area contributed by atoms with Gasteiger partial charge in [0.1, 0.15) is 5.56 Å². The number of carbonyl (C=O) groups excluding carboxylic acids is 1. The van der Waals surface area contributed by atoms with E-state index in [0.717, 1.165) is 24.1 Å². The van der Waals surface area contributed by atoms with E-state index in [1.165, 1.54) is 27.5 Å². The number of fused-ring (bicyclic) bond motifs is 1. The van der Waals surface area contributed by atoms with Gasteiger partial charge in [-0.15, -0.1) is 11.3 Å². The molecule has 5 nitrogen and oxygen atoms in total. The van der Waals surface area contributed by atoms with Crippen molar-refractivity contribution in [3.63, 3.8) is 0 Å². The van der Waals surface area contributed by atoms with Crippen molar-refractivity contribution in [1.29, 1.82) is 0 Å². The predicted octanol–water partition coefficient (Wildman–Crippen LogP) is 4.17. The molecule has 0 aliphatic rings. The van der Waals surface area contributed by atoms with Crippen LogP contribution in [0.1, 0.15) is 29.3 Å². The first-order valence-electron chi connectivity index (χ1n) is 9.53. The van der Waals surface area contributed by atoms with Gasteiger partial charge in [0, 0.05) is 17.6 Å². The third kappa shape index (κ3) is 4.12. The Morgan fingerprint density at radius 2 is 1.79 bits per heavy atom. The Balaban J connectivity index is 1.55. The second-order valence-corrected chi connectivity index (χ2v) is 7.82. The van der Waals surface area contributed by atoms with Crippen molar-refractivity contribution in [2.45, 2.75) is 25.8 Å². The maximum atomic E-state index is 13.1. The third-order valence-corrected chi connectivity index (χ3v) is 5.69. The molecule has 4 rings (SSSR count). The van der Waals surface area contributed by atoms with Crippen LogP contribution in [0.2, 0.25) is 0 Å². The molecule has 0 bridgehead atoms. The molecule has 1 N–H and O–H groups in total. The molecule has 0 saturated carbocycles. The van der Waals surface area contributed by atoms with Gasteiger partial charge in [-0.25, -0.2) is 4.98 Å². The molecule has 4 aromatic rings. The van der Waals surface area contributed by atoms with Crippen LogP contribution in [0.15, 0.2) is 77.0 Å².